The van der Waals surface area contributed by atoms with Crippen LogP contribution in [0.5, 0.6) is 0 Å². The maximum atomic E-state index is 13.8. The lowest BCUT2D eigenvalue weighted by Crippen LogP contribution is -2.41. The van der Waals surface area contributed by atoms with Crippen molar-refractivity contribution in [3.63, 3.8) is 0 Å². The molecule has 6 heteroatoms. The van der Waals surface area contributed by atoms with Gasteiger partial charge in [0.2, 0.25) is 0 Å². The molecule has 1 fully saturated rings. The molecule has 0 unspecified atom stereocenters. The van der Waals surface area contributed by atoms with E-state index in [0.29, 0.717) is 6.07 Å². The van der Waals surface area contributed by atoms with E-state index in [4.69, 9.17) is 14.6 Å². The Morgan fingerprint density at radius 1 is 1.05 bits per heavy atom. The molecular weight excluding hydrogens is 251 g/mol. The molecule has 1 heterocycles. The van der Waals surface area contributed by atoms with E-state index in [2.05, 4.69) is 0 Å². The minimum Gasteiger partial charge on any atom is -0.399 e. The van der Waals surface area contributed by atoms with Crippen molar-refractivity contribution < 1.29 is 18.1 Å². The second-order valence-electron chi connectivity index (χ2n) is 5.55. The van der Waals surface area contributed by atoms with Gasteiger partial charge in [-0.15, -0.1) is 0 Å². The summed E-state index contributed by atoms with van der Waals surface area (Å²) in [5.74, 6) is -1.67. The highest BCUT2D eigenvalue weighted by Crippen LogP contribution is 2.36. The molecule has 0 saturated carbocycles. The van der Waals surface area contributed by atoms with Crippen LogP contribution in [0, 0.1) is 23.0 Å². The summed E-state index contributed by atoms with van der Waals surface area (Å²) in [7, 11) is -0.947. The molecule has 1 aliphatic rings. The first-order valence-electron chi connectivity index (χ1n) is 5.92. The summed E-state index contributed by atoms with van der Waals surface area (Å²) in [5, 5.41) is 8.79. The largest absolute Gasteiger partial charge is 0.497 e. The molecule has 0 aliphatic carbocycles. The lowest BCUT2D eigenvalue weighted by molar-refractivity contribution is 0.00578. The molecule has 0 bridgehead atoms. The molecule has 0 atom stereocenters. The zero-order chi connectivity index (χ0) is 14.4. The third-order valence-corrected chi connectivity index (χ3v) is 3.71. The average Bonchev–Trinajstić information content (AvgIpc) is 2.48. The average molecular weight is 265 g/mol. The van der Waals surface area contributed by atoms with E-state index in [9.17, 15) is 8.78 Å². The zero-order valence-corrected chi connectivity index (χ0v) is 11.3. The lowest BCUT2D eigenvalue weighted by Gasteiger charge is -2.32. The summed E-state index contributed by atoms with van der Waals surface area (Å²) in [6.07, 6.45) is 0. The van der Waals surface area contributed by atoms with Crippen LogP contribution in [-0.2, 0) is 9.31 Å². The van der Waals surface area contributed by atoms with E-state index in [1.807, 2.05) is 27.7 Å². The van der Waals surface area contributed by atoms with Crippen molar-refractivity contribution in [2.24, 2.45) is 0 Å². The van der Waals surface area contributed by atoms with Gasteiger partial charge in [0.1, 0.15) is 17.7 Å². The standard InChI is InChI=1S/C13H14BF2NO2/c1-12(2)13(3,4)19-14(18-12)9-5-8(7-17)10(15)6-11(9)16/h5-6H,1-4H3. The van der Waals surface area contributed by atoms with Crippen molar-refractivity contribution in [2.75, 3.05) is 0 Å². The summed E-state index contributed by atoms with van der Waals surface area (Å²) >= 11 is 0. The first-order valence-corrected chi connectivity index (χ1v) is 5.92. The van der Waals surface area contributed by atoms with E-state index in [0.717, 1.165) is 6.07 Å². The topological polar surface area (TPSA) is 42.2 Å². The van der Waals surface area contributed by atoms with Crippen LogP contribution in [0.25, 0.3) is 0 Å². The third kappa shape index (κ3) is 2.24. The third-order valence-electron chi connectivity index (χ3n) is 3.71. The fourth-order valence-corrected chi connectivity index (χ4v) is 1.80. The number of halogens is 2. The predicted molar refractivity (Wildman–Crippen MR) is 66.8 cm³/mol. The van der Waals surface area contributed by atoms with Crippen LogP contribution < -0.4 is 5.46 Å². The van der Waals surface area contributed by atoms with Crippen molar-refractivity contribution in [2.45, 2.75) is 38.9 Å². The summed E-state index contributed by atoms with van der Waals surface area (Å²) in [4.78, 5) is 0. The fourth-order valence-electron chi connectivity index (χ4n) is 1.80. The van der Waals surface area contributed by atoms with Crippen molar-refractivity contribution in [3.8, 4) is 6.07 Å². The van der Waals surface area contributed by atoms with Crippen LogP contribution in [0.2, 0.25) is 0 Å². The minimum absolute atomic E-state index is 0.0385. The van der Waals surface area contributed by atoms with Crippen molar-refractivity contribution in [1.82, 2.24) is 0 Å². The van der Waals surface area contributed by atoms with Gasteiger partial charge in [0, 0.05) is 11.5 Å². The molecule has 1 aliphatic heterocycles. The van der Waals surface area contributed by atoms with Crippen LogP contribution in [-0.4, -0.2) is 18.3 Å². The van der Waals surface area contributed by atoms with Gasteiger partial charge in [-0.25, -0.2) is 8.78 Å². The Morgan fingerprint density at radius 2 is 1.58 bits per heavy atom. The van der Waals surface area contributed by atoms with Crippen LogP contribution >= 0.6 is 0 Å². The number of hydrogen-bond donors (Lipinski definition) is 0. The van der Waals surface area contributed by atoms with Crippen molar-refractivity contribution >= 4 is 12.6 Å². The molecular formula is C13H14BF2NO2. The number of nitriles is 1. The van der Waals surface area contributed by atoms with Crippen molar-refractivity contribution in [3.05, 3.63) is 29.3 Å². The Hall–Kier alpha value is -1.45. The SMILES string of the molecule is CC1(C)OB(c2cc(C#N)c(F)cc2F)OC1(C)C. The van der Waals surface area contributed by atoms with Gasteiger partial charge in [-0.1, -0.05) is 0 Å². The second kappa shape index (κ2) is 4.29. The molecule has 0 amide bonds. The Labute approximate surface area is 111 Å². The monoisotopic (exact) mass is 265 g/mol. The molecule has 1 aromatic rings. The van der Waals surface area contributed by atoms with Gasteiger partial charge in [0.15, 0.2) is 0 Å². The molecule has 0 aromatic heterocycles. The number of nitrogens with zero attached hydrogens (tertiary/aromatic N) is 1. The highest BCUT2D eigenvalue weighted by Gasteiger charge is 2.52. The molecule has 19 heavy (non-hydrogen) atoms. The number of benzene rings is 1. The van der Waals surface area contributed by atoms with Gasteiger partial charge in [0.25, 0.3) is 0 Å². The van der Waals surface area contributed by atoms with E-state index < -0.39 is 30.0 Å². The Kier molecular flexibility index (Phi) is 3.16. The highest BCUT2D eigenvalue weighted by atomic mass is 19.1. The Balaban J connectivity index is 2.43. The van der Waals surface area contributed by atoms with E-state index in [1.54, 1.807) is 6.07 Å². The van der Waals surface area contributed by atoms with Crippen LogP contribution in [0.4, 0.5) is 8.78 Å². The van der Waals surface area contributed by atoms with E-state index >= 15 is 0 Å². The van der Waals surface area contributed by atoms with Gasteiger partial charge in [-0.3, -0.25) is 0 Å². The first-order chi connectivity index (χ1) is 8.68. The van der Waals surface area contributed by atoms with Crippen LogP contribution in [0.1, 0.15) is 33.3 Å². The molecule has 2 rings (SSSR count). The number of hydrogen-bond acceptors (Lipinski definition) is 3. The van der Waals surface area contributed by atoms with Gasteiger partial charge in [0.05, 0.1) is 16.8 Å². The summed E-state index contributed by atoms with van der Waals surface area (Å²) in [5.41, 5.74) is -1.43. The predicted octanol–water partition coefficient (Wildman–Crippen LogP) is 2.14. The fraction of sp³-hybridized carbons (Fsp3) is 0.462. The molecule has 100 valence electrons. The van der Waals surface area contributed by atoms with Crippen molar-refractivity contribution in [1.29, 1.82) is 5.26 Å². The Bertz CT molecular complexity index is 550. The smallest absolute Gasteiger partial charge is 0.399 e. The number of rotatable bonds is 1. The summed E-state index contributed by atoms with van der Waals surface area (Å²) in [6.45, 7) is 7.33. The summed E-state index contributed by atoms with van der Waals surface area (Å²) in [6, 6.07) is 3.49. The highest BCUT2D eigenvalue weighted by molar-refractivity contribution is 6.62. The van der Waals surface area contributed by atoms with Gasteiger partial charge in [-0.2, -0.15) is 5.26 Å². The lowest BCUT2D eigenvalue weighted by atomic mass is 9.78. The minimum atomic E-state index is -0.947. The molecule has 3 nitrogen and oxygen atoms in total. The molecule has 1 aromatic carbocycles. The van der Waals surface area contributed by atoms with Gasteiger partial charge < -0.3 is 9.31 Å². The first kappa shape index (κ1) is 14.0. The van der Waals surface area contributed by atoms with Crippen LogP contribution in [0.15, 0.2) is 12.1 Å². The van der Waals surface area contributed by atoms with Gasteiger partial charge in [-0.05, 0) is 33.8 Å². The quantitative estimate of drug-likeness (QED) is 0.730. The Morgan fingerprint density at radius 3 is 2.05 bits per heavy atom. The molecule has 0 spiro atoms. The molecule has 0 N–H and O–H groups in total. The normalized spacial score (nSPS) is 20.4. The summed E-state index contributed by atoms with van der Waals surface area (Å²) < 4.78 is 38.4. The maximum Gasteiger partial charge on any atom is 0.497 e. The van der Waals surface area contributed by atoms with E-state index in [1.165, 1.54) is 0 Å². The molecule has 1 saturated heterocycles. The zero-order valence-electron chi connectivity index (χ0n) is 11.3. The van der Waals surface area contributed by atoms with E-state index in [-0.39, 0.29) is 11.0 Å². The molecule has 0 radical (unpaired) electrons. The van der Waals surface area contributed by atoms with Crippen LogP contribution in [0.3, 0.4) is 0 Å². The maximum absolute atomic E-state index is 13.8. The van der Waals surface area contributed by atoms with Gasteiger partial charge >= 0.3 is 7.12 Å². The second-order valence-corrected chi connectivity index (χ2v) is 5.55.